The van der Waals surface area contributed by atoms with Gasteiger partial charge in [-0.2, -0.15) is 5.10 Å². The van der Waals surface area contributed by atoms with Crippen molar-refractivity contribution >= 4 is 22.9 Å². The molecule has 8 heteroatoms. The van der Waals surface area contributed by atoms with Crippen molar-refractivity contribution in [1.82, 2.24) is 20.3 Å². The van der Waals surface area contributed by atoms with Crippen molar-refractivity contribution in [2.75, 3.05) is 25.0 Å². The maximum Gasteiger partial charge on any atom is 0.410 e. The van der Waals surface area contributed by atoms with Gasteiger partial charge in [0.15, 0.2) is 11.4 Å². The molecule has 8 nitrogen and oxygen atoms in total. The summed E-state index contributed by atoms with van der Waals surface area (Å²) in [7, 11) is 0. The van der Waals surface area contributed by atoms with Gasteiger partial charge < -0.3 is 19.5 Å². The molecule has 4 rings (SSSR count). The predicted molar refractivity (Wildman–Crippen MR) is 114 cm³/mol. The lowest BCUT2D eigenvalue weighted by atomic mass is 9.97. The van der Waals surface area contributed by atoms with Gasteiger partial charge in [-0.25, -0.2) is 4.79 Å². The highest BCUT2D eigenvalue weighted by Crippen LogP contribution is 2.32. The van der Waals surface area contributed by atoms with E-state index in [2.05, 4.69) is 20.7 Å². The molecule has 0 spiro atoms. The van der Waals surface area contributed by atoms with Crippen molar-refractivity contribution in [3.63, 3.8) is 0 Å². The summed E-state index contributed by atoms with van der Waals surface area (Å²) in [5.41, 5.74) is 1.86. The second-order valence-corrected chi connectivity index (χ2v) is 8.62. The van der Waals surface area contributed by atoms with Crippen LogP contribution in [0.1, 0.15) is 33.6 Å². The Hall–Kier alpha value is -3.16. The highest BCUT2D eigenvalue weighted by atomic mass is 16.6. The molecule has 1 fully saturated rings. The van der Waals surface area contributed by atoms with Crippen LogP contribution in [0.3, 0.4) is 0 Å². The molecule has 1 N–H and O–H groups in total. The number of aromatic nitrogens is 3. The smallest absolute Gasteiger partial charge is 0.410 e. The van der Waals surface area contributed by atoms with E-state index >= 15 is 0 Å². The molecule has 0 bridgehead atoms. The zero-order valence-corrected chi connectivity index (χ0v) is 17.6. The van der Waals surface area contributed by atoms with Crippen molar-refractivity contribution in [2.45, 2.75) is 39.2 Å². The number of ether oxygens (including phenoxy) is 1. The third-order valence-electron chi connectivity index (χ3n) is 5.16. The highest BCUT2D eigenvalue weighted by Gasteiger charge is 2.27. The minimum atomic E-state index is -0.470. The number of amides is 1. The Bertz CT molecular complexity index is 1000. The quantitative estimate of drug-likeness (QED) is 0.685. The molecule has 0 radical (unpaired) electrons. The van der Waals surface area contributed by atoms with Crippen molar-refractivity contribution in [2.24, 2.45) is 5.92 Å². The van der Waals surface area contributed by atoms with E-state index in [4.69, 9.17) is 9.26 Å². The number of fused-ring (bicyclic) bond motifs is 1. The fourth-order valence-electron chi connectivity index (χ4n) is 3.61. The number of piperidine rings is 1. The number of hydrogen-bond donors (Lipinski definition) is 1. The summed E-state index contributed by atoms with van der Waals surface area (Å²) in [6.07, 6.45) is 3.16. The lowest BCUT2D eigenvalue weighted by molar-refractivity contribution is 0.0188. The molecule has 0 atom stereocenters. The number of rotatable bonds is 4. The number of hydrogen-bond acceptors (Lipinski definition) is 7. The molecule has 1 saturated heterocycles. The van der Waals surface area contributed by atoms with Gasteiger partial charge in [-0.15, -0.1) is 5.10 Å². The van der Waals surface area contributed by atoms with Crippen LogP contribution in [0.4, 0.5) is 10.6 Å². The molecular formula is C22H27N5O3. The monoisotopic (exact) mass is 409 g/mol. The van der Waals surface area contributed by atoms with Crippen LogP contribution < -0.4 is 5.32 Å². The second-order valence-electron chi connectivity index (χ2n) is 8.62. The number of benzene rings is 1. The van der Waals surface area contributed by atoms with Gasteiger partial charge in [0.25, 0.3) is 0 Å². The van der Waals surface area contributed by atoms with Gasteiger partial charge >= 0.3 is 6.09 Å². The normalized spacial score (nSPS) is 15.4. The molecule has 0 saturated carbocycles. The van der Waals surface area contributed by atoms with Gasteiger partial charge in [0.05, 0.1) is 11.6 Å². The molecule has 1 aliphatic rings. The largest absolute Gasteiger partial charge is 0.444 e. The van der Waals surface area contributed by atoms with Crippen LogP contribution in [0.2, 0.25) is 0 Å². The number of nitrogens with zero attached hydrogens (tertiary/aromatic N) is 4. The third kappa shape index (κ3) is 4.53. The maximum absolute atomic E-state index is 12.2. The van der Waals surface area contributed by atoms with E-state index in [1.807, 2.05) is 51.1 Å². The number of carbonyl (C=O) groups is 1. The lowest BCUT2D eigenvalue weighted by Gasteiger charge is -2.33. The van der Waals surface area contributed by atoms with Gasteiger partial charge in [0.1, 0.15) is 11.3 Å². The van der Waals surface area contributed by atoms with Crippen LogP contribution in [0, 0.1) is 5.92 Å². The summed E-state index contributed by atoms with van der Waals surface area (Å²) < 4.78 is 10.9. The molecule has 1 amide bonds. The van der Waals surface area contributed by atoms with Gasteiger partial charge in [0.2, 0.25) is 0 Å². The van der Waals surface area contributed by atoms with Gasteiger partial charge in [0, 0.05) is 25.2 Å². The Morgan fingerprint density at radius 1 is 1.23 bits per heavy atom. The maximum atomic E-state index is 12.2. The second kappa shape index (κ2) is 8.30. The third-order valence-corrected chi connectivity index (χ3v) is 5.16. The fraction of sp³-hybridized carbons (Fsp3) is 0.455. The minimum Gasteiger partial charge on any atom is -0.444 e. The minimum absolute atomic E-state index is 0.235. The van der Waals surface area contributed by atoms with E-state index in [1.54, 1.807) is 11.1 Å². The molecule has 1 aromatic carbocycles. The predicted octanol–water partition coefficient (Wildman–Crippen LogP) is 4.34. The SMILES string of the molecule is CC(C)(C)OC(=O)N1CCC(CNc2nncc3onc(-c4ccccc4)c23)CC1. The lowest BCUT2D eigenvalue weighted by Crippen LogP contribution is -2.42. The molecule has 2 aromatic heterocycles. The first-order valence-electron chi connectivity index (χ1n) is 10.3. The molecule has 3 heterocycles. The zero-order chi connectivity index (χ0) is 21.1. The summed E-state index contributed by atoms with van der Waals surface area (Å²) in [6, 6.07) is 9.89. The summed E-state index contributed by atoms with van der Waals surface area (Å²) in [6.45, 7) is 7.79. The average Bonchev–Trinajstić information content (AvgIpc) is 3.17. The highest BCUT2D eigenvalue weighted by molar-refractivity contribution is 5.98. The topological polar surface area (TPSA) is 93.4 Å². The summed E-state index contributed by atoms with van der Waals surface area (Å²) >= 11 is 0. The van der Waals surface area contributed by atoms with Crippen LogP contribution in [-0.4, -0.2) is 51.6 Å². The molecule has 1 aliphatic heterocycles. The number of likely N-dealkylation sites (tertiary alicyclic amines) is 1. The molecule has 0 unspecified atom stereocenters. The van der Waals surface area contributed by atoms with E-state index in [9.17, 15) is 4.79 Å². The Morgan fingerprint density at radius 3 is 2.67 bits per heavy atom. The molecular weight excluding hydrogens is 382 g/mol. The summed E-state index contributed by atoms with van der Waals surface area (Å²) in [4.78, 5) is 14.0. The molecule has 158 valence electrons. The summed E-state index contributed by atoms with van der Waals surface area (Å²) in [5, 5.41) is 16.8. The van der Waals surface area contributed by atoms with Crippen LogP contribution in [0.25, 0.3) is 22.2 Å². The number of carbonyl (C=O) groups excluding carboxylic acids is 1. The van der Waals surface area contributed by atoms with Crippen molar-refractivity contribution in [1.29, 1.82) is 0 Å². The summed E-state index contributed by atoms with van der Waals surface area (Å²) in [5.74, 6) is 1.10. The van der Waals surface area contributed by atoms with Crippen LogP contribution >= 0.6 is 0 Å². The Labute approximate surface area is 175 Å². The van der Waals surface area contributed by atoms with Crippen molar-refractivity contribution in [3.8, 4) is 11.3 Å². The van der Waals surface area contributed by atoms with E-state index in [-0.39, 0.29) is 6.09 Å². The van der Waals surface area contributed by atoms with Crippen LogP contribution in [0.5, 0.6) is 0 Å². The van der Waals surface area contributed by atoms with Gasteiger partial charge in [-0.05, 0) is 39.5 Å². The zero-order valence-electron chi connectivity index (χ0n) is 17.6. The molecule has 3 aromatic rings. The first kappa shape index (κ1) is 20.1. The van der Waals surface area contributed by atoms with Crippen LogP contribution in [-0.2, 0) is 4.74 Å². The van der Waals surface area contributed by atoms with Crippen molar-refractivity contribution < 1.29 is 14.1 Å². The first-order chi connectivity index (χ1) is 14.4. The van der Waals surface area contributed by atoms with Crippen molar-refractivity contribution in [3.05, 3.63) is 36.5 Å². The van der Waals surface area contributed by atoms with E-state index in [1.165, 1.54) is 0 Å². The van der Waals surface area contributed by atoms with Crippen LogP contribution in [0.15, 0.2) is 41.1 Å². The fourth-order valence-corrected chi connectivity index (χ4v) is 3.61. The Balaban J connectivity index is 1.41. The number of anilines is 1. The van der Waals surface area contributed by atoms with Gasteiger partial charge in [-0.1, -0.05) is 35.5 Å². The van der Waals surface area contributed by atoms with Gasteiger partial charge in [-0.3, -0.25) is 0 Å². The standard InChI is InChI=1S/C22H27N5O3/c1-22(2,3)29-21(28)27-11-9-15(10-12-27)13-23-20-18-17(14-24-25-20)30-26-19(18)16-7-5-4-6-8-16/h4-8,14-15H,9-13H2,1-3H3,(H,23,25). The molecule has 0 aliphatic carbocycles. The van der Waals surface area contributed by atoms with E-state index in [0.29, 0.717) is 30.4 Å². The Morgan fingerprint density at radius 2 is 1.97 bits per heavy atom. The van der Waals surface area contributed by atoms with E-state index < -0.39 is 5.60 Å². The molecule has 30 heavy (non-hydrogen) atoms. The first-order valence-corrected chi connectivity index (χ1v) is 10.3. The number of nitrogens with one attached hydrogen (secondary N) is 1. The average molecular weight is 409 g/mol. The van der Waals surface area contributed by atoms with E-state index in [0.717, 1.165) is 36.0 Å². The Kier molecular flexibility index (Phi) is 5.57.